The highest BCUT2D eigenvalue weighted by atomic mass is 79.9. The second kappa shape index (κ2) is 5.75. The quantitative estimate of drug-likeness (QED) is 0.794. The standard InChI is InChI=1S/C14H12Br2N2O/c1-18(11-5-3-10(17)4-6-11)14(19)12-7-2-9(15)8-13(12)16/h2-8H,17H2,1H3. The molecule has 2 aromatic carbocycles. The number of carbonyl (C=O) groups excluding carboxylic acids is 1. The molecule has 2 N–H and O–H groups in total. The van der Waals surface area contributed by atoms with Gasteiger partial charge >= 0.3 is 0 Å². The summed E-state index contributed by atoms with van der Waals surface area (Å²) in [5, 5.41) is 0. The zero-order valence-corrected chi connectivity index (χ0v) is 13.4. The summed E-state index contributed by atoms with van der Waals surface area (Å²) in [5.41, 5.74) is 7.73. The number of carbonyl (C=O) groups is 1. The van der Waals surface area contributed by atoms with Crippen molar-refractivity contribution in [3.63, 3.8) is 0 Å². The molecule has 3 nitrogen and oxygen atoms in total. The Labute approximate surface area is 128 Å². The first-order valence-corrected chi connectivity index (χ1v) is 7.16. The van der Waals surface area contributed by atoms with Crippen molar-refractivity contribution < 1.29 is 4.79 Å². The predicted octanol–water partition coefficient (Wildman–Crippen LogP) is 4.07. The lowest BCUT2D eigenvalue weighted by atomic mass is 10.2. The number of halogens is 2. The Hall–Kier alpha value is -1.33. The van der Waals surface area contributed by atoms with Gasteiger partial charge in [0.05, 0.1) is 5.56 Å². The lowest BCUT2D eigenvalue weighted by Gasteiger charge is -2.18. The van der Waals surface area contributed by atoms with Crippen molar-refractivity contribution in [1.29, 1.82) is 0 Å². The van der Waals surface area contributed by atoms with E-state index in [2.05, 4.69) is 31.9 Å². The lowest BCUT2D eigenvalue weighted by Crippen LogP contribution is -2.26. The van der Waals surface area contributed by atoms with Crippen molar-refractivity contribution in [2.75, 3.05) is 17.7 Å². The molecule has 0 aromatic heterocycles. The first-order valence-electron chi connectivity index (χ1n) is 5.57. The Morgan fingerprint density at radius 3 is 2.32 bits per heavy atom. The maximum atomic E-state index is 12.4. The Bertz CT molecular complexity index is 611. The van der Waals surface area contributed by atoms with Gasteiger partial charge < -0.3 is 10.6 Å². The van der Waals surface area contributed by atoms with Gasteiger partial charge in [-0.1, -0.05) is 15.9 Å². The molecule has 1 amide bonds. The molecule has 0 saturated carbocycles. The molecule has 0 atom stereocenters. The fourth-order valence-electron chi connectivity index (χ4n) is 1.66. The van der Waals surface area contributed by atoms with Gasteiger partial charge in [-0.3, -0.25) is 4.79 Å². The molecule has 0 bridgehead atoms. The molecule has 19 heavy (non-hydrogen) atoms. The molecular weight excluding hydrogens is 372 g/mol. The summed E-state index contributed by atoms with van der Waals surface area (Å²) < 4.78 is 1.68. The molecular formula is C14H12Br2N2O. The summed E-state index contributed by atoms with van der Waals surface area (Å²) in [4.78, 5) is 14.0. The van der Waals surface area contributed by atoms with Crippen LogP contribution in [0.1, 0.15) is 10.4 Å². The molecule has 0 unspecified atom stereocenters. The molecule has 2 rings (SSSR count). The number of rotatable bonds is 2. The van der Waals surface area contributed by atoms with E-state index in [-0.39, 0.29) is 5.91 Å². The average Bonchev–Trinajstić information content (AvgIpc) is 2.38. The maximum Gasteiger partial charge on any atom is 0.259 e. The average molecular weight is 384 g/mol. The van der Waals surface area contributed by atoms with E-state index in [1.54, 1.807) is 30.1 Å². The molecule has 0 saturated heterocycles. The fourth-order valence-corrected chi connectivity index (χ4v) is 2.88. The smallest absolute Gasteiger partial charge is 0.259 e. The minimum absolute atomic E-state index is 0.0795. The van der Waals surface area contributed by atoms with Crippen molar-refractivity contribution in [2.24, 2.45) is 0 Å². The highest BCUT2D eigenvalue weighted by molar-refractivity contribution is 9.11. The number of hydrogen-bond acceptors (Lipinski definition) is 2. The van der Waals surface area contributed by atoms with Gasteiger partial charge in [0.2, 0.25) is 0 Å². The molecule has 98 valence electrons. The zero-order valence-electron chi connectivity index (χ0n) is 10.2. The Kier molecular flexibility index (Phi) is 4.27. The molecule has 0 spiro atoms. The number of nitrogen functional groups attached to an aromatic ring is 1. The number of anilines is 2. The molecule has 5 heteroatoms. The van der Waals surface area contributed by atoms with Crippen LogP contribution in [0.5, 0.6) is 0 Å². The number of amides is 1. The van der Waals surface area contributed by atoms with Crippen LogP contribution in [0.2, 0.25) is 0 Å². The van der Waals surface area contributed by atoms with Gasteiger partial charge in [-0.2, -0.15) is 0 Å². The monoisotopic (exact) mass is 382 g/mol. The van der Waals surface area contributed by atoms with Gasteiger partial charge in [-0.15, -0.1) is 0 Å². The third-order valence-corrected chi connectivity index (χ3v) is 3.90. The van der Waals surface area contributed by atoms with Gasteiger partial charge in [0, 0.05) is 27.4 Å². The van der Waals surface area contributed by atoms with Gasteiger partial charge in [0.1, 0.15) is 0 Å². The predicted molar refractivity (Wildman–Crippen MR) is 85.4 cm³/mol. The summed E-state index contributed by atoms with van der Waals surface area (Å²) in [6.07, 6.45) is 0. The number of nitrogens with zero attached hydrogens (tertiary/aromatic N) is 1. The Balaban J connectivity index is 2.30. The topological polar surface area (TPSA) is 46.3 Å². The first kappa shape index (κ1) is 14.1. The van der Waals surface area contributed by atoms with E-state index < -0.39 is 0 Å². The summed E-state index contributed by atoms with van der Waals surface area (Å²) >= 11 is 6.77. The van der Waals surface area contributed by atoms with Crippen molar-refractivity contribution >= 4 is 49.1 Å². The van der Waals surface area contributed by atoms with E-state index in [0.717, 1.165) is 14.6 Å². The minimum Gasteiger partial charge on any atom is -0.399 e. The second-order valence-corrected chi connectivity index (χ2v) is 5.85. The zero-order chi connectivity index (χ0) is 14.0. The molecule has 0 radical (unpaired) electrons. The maximum absolute atomic E-state index is 12.4. The Morgan fingerprint density at radius 1 is 1.11 bits per heavy atom. The summed E-state index contributed by atoms with van der Waals surface area (Å²) in [6, 6.07) is 12.7. The van der Waals surface area contributed by atoms with Gasteiger partial charge in [0.15, 0.2) is 0 Å². The van der Waals surface area contributed by atoms with Crippen LogP contribution in [-0.4, -0.2) is 13.0 Å². The highest BCUT2D eigenvalue weighted by Gasteiger charge is 2.16. The van der Waals surface area contributed by atoms with Gasteiger partial charge in [0.25, 0.3) is 5.91 Å². The van der Waals surface area contributed by atoms with Crippen molar-refractivity contribution in [1.82, 2.24) is 0 Å². The van der Waals surface area contributed by atoms with E-state index in [1.165, 1.54) is 0 Å². The number of benzene rings is 2. The molecule has 0 aliphatic rings. The van der Waals surface area contributed by atoms with Crippen molar-refractivity contribution in [3.8, 4) is 0 Å². The van der Waals surface area contributed by atoms with Crippen LogP contribution >= 0.6 is 31.9 Å². The SMILES string of the molecule is CN(C(=O)c1ccc(Br)cc1Br)c1ccc(N)cc1. The largest absolute Gasteiger partial charge is 0.399 e. The van der Waals surface area contributed by atoms with E-state index >= 15 is 0 Å². The molecule has 0 fully saturated rings. The Morgan fingerprint density at radius 2 is 1.74 bits per heavy atom. The summed E-state index contributed by atoms with van der Waals surface area (Å²) in [7, 11) is 1.74. The minimum atomic E-state index is -0.0795. The van der Waals surface area contributed by atoms with Crippen LogP contribution in [-0.2, 0) is 0 Å². The molecule has 0 aliphatic carbocycles. The van der Waals surface area contributed by atoms with E-state index in [4.69, 9.17) is 5.73 Å². The lowest BCUT2D eigenvalue weighted by molar-refractivity contribution is 0.0992. The highest BCUT2D eigenvalue weighted by Crippen LogP contribution is 2.25. The second-order valence-electron chi connectivity index (χ2n) is 4.08. The van der Waals surface area contributed by atoms with Gasteiger partial charge in [-0.25, -0.2) is 0 Å². The number of hydrogen-bond donors (Lipinski definition) is 1. The summed E-state index contributed by atoms with van der Waals surface area (Å²) in [6.45, 7) is 0. The van der Waals surface area contributed by atoms with Gasteiger partial charge in [-0.05, 0) is 58.4 Å². The normalized spacial score (nSPS) is 10.3. The van der Waals surface area contributed by atoms with Crippen LogP contribution < -0.4 is 10.6 Å². The third-order valence-electron chi connectivity index (χ3n) is 2.75. The molecule has 2 aromatic rings. The van der Waals surface area contributed by atoms with Crippen LogP contribution in [0, 0.1) is 0 Å². The first-order chi connectivity index (χ1) is 8.99. The third kappa shape index (κ3) is 3.16. The van der Waals surface area contributed by atoms with Crippen LogP contribution in [0.15, 0.2) is 51.4 Å². The van der Waals surface area contributed by atoms with E-state index in [0.29, 0.717) is 11.3 Å². The van der Waals surface area contributed by atoms with Crippen molar-refractivity contribution in [2.45, 2.75) is 0 Å². The fraction of sp³-hybridized carbons (Fsp3) is 0.0714. The number of nitrogens with two attached hydrogens (primary N) is 1. The van der Waals surface area contributed by atoms with Crippen LogP contribution in [0.3, 0.4) is 0 Å². The molecule has 0 aliphatic heterocycles. The molecule has 0 heterocycles. The van der Waals surface area contributed by atoms with E-state index in [9.17, 15) is 4.79 Å². The summed E-state index contributed by atoms with van der Waals surface area (Å²) in [5.74, 6) is -0.0795. The van der Waals surface area contributed by atoms with Crippen LogP contribution in [0.4, 0.5) is 11.4 Å². The van der Waals surface area contributed by atoms with Crippen molar-refractivity contribution in [3.05, 3.63) is 57.0 Å². The van der Waals surface area contributed by atoms with E-state index in [1.807, 2.05) is 24.3 Å². The van der Waals surface area contributed by atoms with Crippen LogP contribution in [0.25, 0.3) is 0 Å².